The van der Waals surface area contributed by atoms with E-state index in [0.717, 1.165) is 42.4 Å². The number of nitrogens with zero attached hydrogens (tertiary/aromatic N) is 1. The van der Waals surface area contributed by atoms with E-state index in [9.17, 15) is 14.7 Å². The molecule has 1 aliphatic carbocycles. The smallest absolute Gasteiger partial charge is 0.339 e. The van der Waals surface area contributed by atoms with Gasteiger partial charge in [-0.3, -0.25) is 4.79 Å². The normalized spacial score (nSPS) is 24.5. The average Bonchev–Trinajstić information content (AvgIpc) is 2.86. The van der Waals surface area contributed by atoms with Gasteiger partial charge >= 0.3 is 5.63 Å². The average molecular weight is 524 g/mol. The molecule has 0 unspecified atom stereocenters. The minimum atomic E-state index is -0.777. The number of fused-ring (bicyclic) bond motifs is 2. The molecule has 2 heterocycles. The molecule has 2 aliphatic rings. The van der Waals surface area contributed by atoms with Crippen LogP contribution in [0.1, 0.15) is 67.3 Å². The summed E-state index contributed by atoms with van der Waals surface area (Å²) >= 11 is 6.17. The Morgan fingerprint density at radius 2 is 1.86 bits per heavy atom. The van der Waals surface area contributed by atoms with E-state index in [1.54, 1.807) is 13.8 Å². The first-order chi connectivity index (χ1) is 17.6. The number of aryl methyl sites for hydroxylation is 2. The van der Waals surface area contributed by atoms with Crippen LogP contribution >= 0.6 is 11.6 Å². The molecule has 2 fully saturated rings. The standard InChI is InChI=1S/C30H34ClNO5/c1-17-15-24(26-18(2)19(3)29(34)37-25(26)16-17)36-20(4)28(33)32-14-13-30(35)12-6-5-7-23(30)27(32)21-8-10-22(31)11-9-21/h8-11,15-16,20,23,27,35H,5-7,12-14H2,1-4H3/t20-,23-,27+,30-/m1/s1. The number of ether oxygens (including phenoxy) is 1. The molecule has 6 nitrogen and oxygen atoms in total. The number of hydrogen-bond acceptors (Lipinski definition) is 5. The van der Waals surface area contributed by atoms with E-state index in [1.165, 1.54) is 0 Å². The van der Waals surface area contributed by atoms with Gasteiger partial charge < -0.3 is 19.2 Å². The molecule has 1 amide bonds. The molecule has 1 N–H and O–H groups in total. The van der Waals surface area contributed by atoms with Crippen LogP contribution < -0.4 is 10.4 Å². The Bertz CT molecular complexity index is 1400. The lowest BCUT2D eigenvalue weighted by Crippen LogP contribution is -2.58. The molecule has 196 valence electrons. The number of carbonyl (C=O) groups is 1. The third-order valence-corrected chi connectivity index (χ3v) is 8.62. The van der Waals surface area contributed by atoms with Crippen molar-refractivity contribution in [3.8, 4) is 5.75 Å². The topological polar surface area (TPSA) is 80.0 Å². The van der Waals surface area contributed by atoms with Crippen LogP contribution in [0.15, 0.2) is 45.6 Å². The summed E-state index contributed by atoms with van der Waals surface area (Å²) in [5.41, 5.74) is 2.46. The van der Waals surface area contributed by atoms with E-state index >= 15 is 0 Å². The maximum absolute atomic E-state index is 14.0. The van der Waals surface area contributed by atoms with Crippen molar-refractivity contribution in [3.63, 3.8) is 0 Å². The van der Waals surface area contributed by atoms with E-state index in [2.05, 4.69) is 0 Å². The second-order valence-corrected chi connectivity index (χ2v) is 11.2. The van der Waals surface area contributed by atoms with E-state index < -0.39 is 11.7 Å². The Morgan fingerprint density at radius 3 is 2.59 bits per heavy atom. The minimum absolute atomic E-state index is 0.0497. The molecule has 0 bridgehead atoms. The highest BCUT2D eigenvalue weighted by atomic mass is 35.5. The quantitative estimate of drug-likeness (QED) is 0.422. The summed E-state index contributed by atoms with van der Waals surface area (Å²) in [6.07, 6.45) is 3.43. The fourth-order valence-electron chi connectivity index (χ4n) is 6.26. The van der Waals surface area contributed by atoms with Gasteiger partial charge in [0.15, 0.2) is 6.10 Å². The Labute approximate surface area is 222 Å². The summed E-state index contributed by atoms with van der Waals surface area (Å²) < 4.78 is 11.9. The molecule has 1 saturated carbocycles. The fraction of sp³-hybridized carbons (Fsp3) is 0.467. The predicted octanol–water partition coefficient (Wildman–Crippen LogP) is 6.03. The zero-order valence-electron chi connectivity index (χ0n) is 21.8. The molecular formula is C30H34ClNO5. The van der Waals surface area contributed by atoms with Crippen molar-refractivity contribution in [3.05, 3.63) is 74.1 Å². The molecule has 1 aliphatic heterocycles. The molecule has 7 heteroatoms. The highest BCUT2D eigenvalue weighted by Gasteiger charge is 2.50. The zero-order chi connectivity index (χ0) is 26.5. The van der Waals surface area contributed by atoms with Crippen LogP contribution in [0.5, 0.6) is 5.75 Å². The highest BCUT2D eigenvalue weighted by Crippen LogP contribution is 2.49. The largest absolute Gasteiger partial charge is 0.480 e. The van der Waals surface area contributed by atoms with Crippen LogP contribution in [-0.2, 0) is 4.79 Å². The van der Waals surface area contributed by atoms with Crippen molar-refractivity contribution in [1.82, 2.24) is 4.90 Å². The lowest BCUT2D eigenvalue weighted by atomic mass is 9.66. The third kappa shape index (κ3) is 4.66. The Hall–Kier alpha value is -2.83. The number of carbonyl (C=O) groups excluding carboxylic acids is 1. The Morgan fingerprint density at radius 1 is 1.14 bits per heavy atom. The molecule has 0 spiro atoms. The van der Waals surface area contributed by atoms with Gasteiger partial charge in [0.25, 0.3) is 5.91 Å². The van der Waals surface area contributed by atoms with E-state index in [4.69, 9.17) is 20.8 Å². The Balaban J connectivity index is 1.50. The van der Waals surface area contributed by atoms with Gasteiger partial charge in [-0.05, 0) is 87.9 Å². The van der Waals surface area contributed by atoms with Gasteiger partial charge in [0.1, 0.15) is 11.3 Å². The first-order valence-electron chi connectivity index (χ1n) is 13.1. The minimum Gasteiger partial charge on any atom is -0.480 e. The van der Waals surface area contributed by atoms with Gasteiger partial charge in [-0.25, -0.2) is 4.79 Å². The molecule has 4 atom stereocenters. The van der Waals surface area contributed by atoms with Crippen molar-refractivity contribution >= 4 is 28.5 Å². The SMILES string of the molecule is Cc1cc(O[C@H](C)C(=O)N2CC[C@]3(O)CCCC[C@@H]3[C@@H]2c2ccc(Cl)cc2)c2c(C)c(C)c(=O)oc2c1. The van der Waals surface area contributed by atoms with Gasteiger partial charge in [-0.2, -0.15) is 0 Å². The van der Waals surface area contributed by atoms with E-state index in [1.807, 2.05) is 55.1 Å². The maximum Gasteiger partial charge on any atom is 0.339 e. The van der Waals surface area contributed by atoms with Crippen LogP contribution in [0, 0.1) is 26.7 Å². The molecule has 5 rings (SSSR count). The van der Waals surface area contributed by atoms with Crippen LogP contribution in [0.25, 0.3) is 11.0 Å². The number of halogens is 1. The van der Waals surface area contributed by atoms with E-state index in [0.29, 0.717) is 40.3 Å². The first-order valence-corrected chi connectivity index (χ1v) is 13.5. The van der Waals surface area contributed by atoms with Gasteiger partial charge in [-0.1, -0.05) is 36.6 Å². The zero-order valence-corrected chi connectivity index (χ0v) is 22.6. The number of piperidine rings is 1. The van der Waals surface area contributed by atoms with Gasteiger partial charge in [0, 0.05) is 23.0 Å². The number of amides is 1. The monoisotopic (exact) mass is 523 g/mol. The van der Waals surface area contributed by atoms with Gasteiger partial charge in [0.05, 0.1) is 17.0 Å². The molecule has 1 saturated heterocycles. The second kappa shape index (κ2) is 9.80. The summed E-state index contributed by atoms with van der Waals surface area (Å²) in [6.45, 7) is 7.72. The van der Waals surface area contributed by atoms with Crippen molar-refractivity contribution in [2.45, 2.75) is 77.5 Å². The number of hydrogen-bond donors (Lipinski definition) is 1. The summed E-state index contributed by atoms with van der Waals surface area (Å²) in [5, 5.41) is 12.9. The lowest BCUT2D eigenvalue weighted by Gasteiger charge is -2.53. The van der Waals surface area contributed by atoms with Crippen LogP contribution in [0.4, 0.5) is 0 Å². The number of aliphatic hydroxyl groups is 1. The fourth-order valence-corrected chi connectivity index (χ4v) is 6.38. The third-order valence-electron chi connectivity index (χ3n) is 8.37. The van der Waals surface area contributed by atoms with Gasteiger partial charge in [-0.15, -0.1) is 0 Å². The maximum atomic E-state index is 14.0. The summed E-state index contributed by atoms with van der Waals surface area (Å²) in [4.78, 5) is 28.1. The molecule has 37 heavy (non-hydrogen) atoms. The molecular weight excluding hydrogens is 490 g/mol. The summed E-state index contributed by atoms with van der Waals surface area (Å²) in [7, 11) is 0. The predicted molar refractivity (Wildman–Crippen MR) is 144 cm³/mol. The number of likely N-dealkylation sites (tertiary alicyclic amines) is 1. The van der Waals surface area contributed by atoms with E-state index in [-0.39, 0.29) is 23.5 Å². The van der Waals surface area contributed by atoms with Gasteiger partial charge in [0.2, 0.25) is 0 Å². The van der Waals surface area contributed by atoms with Crippen LogP contribution in [-0.4, -0.2) is 34.2 Å². The van der Waals surface area contributed by atoms with Crippen LogP contribution in [0.2, 0.25) is 5.02 Å². The second-order valence-electron chi connectivity index (χ2n) is 10.8. The first kappa shape index (κ1) is 25.8. The van der Waals surface area contributed by atoms with Crippen molar-refractivity contribution < 1.29 is 19.1 Å². The Kier molecular flexibility index (Phi) is 6.84. The van der Waals surface area contributed by atoms with Crippen molar-refractivity contribution in [2.75, 3.05) is 6.54 Å². The molecule has 2 aromatic carbocycles. The van der Waals surface area contributed by atoms with Crippen molar-refractivity contribution in [1.29, 1.82) is 0 Å². The molecule has 3 aromatic rings. The molecule has 1 aromatic heterocycles. The highest BCUT2D eigenvalue weighted by molar-refractivity contribution is 6.30. The number of rotatable bonds is 4. The lowest BCUT2D eigenvalue weighted by molar-refractivity contribution is -0.161. The summed E-state index contributed by atoms with van der Waals surface area (Å²) in [5.74, 6) is 0.342. The van der Waals surface area contributed by atoms with Crippen LogP contribution in [0.3, 0.4) is 0 Å². The molecule has 0 radical (unpaired) electrons. The van der Waals surface area contributed by atoms with Crippen molar-refractivity contribution in [2.24, 2.45) is 5.92 Å². The summed E-state index contributed by atoms with van der Waals surface area (Å²) in [6, 6.07) is 11.0. The number of benzene rings is 2.